The van der Waals surface area contributed by atoms with Crippen molar-refractivity contribution in [3.05, 3.63) is 64.1 Å². The smallest absolute Gasteiger partial charge is 0.408 e. The Morgan fingerprint density at radius 2 is 1.97 bits per heavy atom. The highest BCUT2D eigenvalue weighted by atomic mass is 35.5. The molecule has 3 rings (SSSR count). The number of amides is 1. The first-order valence-electron chi connectivity index (χ1n) is 9.35. The molecular weight excluding hydrogens is 461 g/mol. The minimum atomic E-state index is -0.729. The van der Waals surface area contributed by atoms with Crippen molar-refractivity contribution < 1.29 is 14.3 Å². The van der Waals surface area contributed by atoms with Crippen molar-refractivity contribution >= 4 is 46.8 Å². The molecule has 1 aromatic heterocycles. The molecule has 0 spiro atoms. The van der Waals surface area contributed by atoms with E-state index in [1.54, 1.807) is 25.1 Å². The van der Waals surface area contributed by atoms with Gasteiger partial charge in [-0.05, 0) is 47.2 Å². The third kappa shape index (κ3) is 6.95. The van der Waals surface area contributed by atoms with Gasteiger partial charge in [-0.3, -0.25) is 4.79 Å². The Bertz CT molecular complexity index is 1050. The molecule has 0 bridgehead atoms. The predicted octanol–water partition coefficient (Wildman–Crippen LogP) is 4.41. The second kappa shape index (κ2) is 11.1. The lowest BCUT2D eigenvalue weighted by atomic mass is 10.1. The second-order valence-corrected chi connectivity index (χ2v) is 8.27. The van der Waals surface area contributed by atoms with Gasteiger partial charge in [-0.1, -0.05) is 60.5 Å². The number of Topliss-reactive ketones (excluding diaryl/α,β-unsaturated/α-hetero) is 1. The maximum atomic E-state index is 12.6. The Kier molecular flexibility index (Phi) is 8.27. The van der Waals surface area contributed by atoms with Crippen LogP contribution in [0, 0.1) is 0 Å². The minimum Gasteiger partial charge on any atom is -0.445 e. The van der Waals surface area contributed by atoms with Gasteiger partial charge in [0.1, 0.15) is 13.2 Å². The largest absolute Gasteiger partial charge is 0.445 e. The van der Waals surface area contributed by atoms with Crippen molar-refractivity contribution in [3.63, 3.8) is 0 Å². The van der Waals surface area contributed by atoms with E-state index < -0.39 is 12.1 Å². The molecule has 0 aliphatic carbocycles. The molecule has 1 N–H and O–H groups in total. The number of nitrogens with zero attached hydrogens (tertiary/aromatic N) is 4. The molecule has 2 aromatic carbocycles. The zero-order chi connectivity index (χ0) is 22.2. The zero-order valence-corrected chi connectivity index (χ0v) is 18.8. The molecule has 1 unspecified atom stereocenters. The standard InChI is InChI=1S/C20H19Cl2N5O3S/c1-2-16(23-20(29)30-12-13-6-4-3-5-7-13)17(28)11-27-25-19(24-26-27)31-18-10-14(21)8-9-15(18)22/h3-10,16H,2,11-12H2,1H3,(H,23,29). The van der Waals surface area contributed by atoms with E-state index in [4.69, 9.17) is 27.9 Å². The topological polar surface area (TPSA) is 99.0 Å². The second-order valence-electron chi connectivity index (χ2n) is 6.41. The van der Waals surface area contributed by atoms with Crippen molar-refractivity contribution in [1.29, 1.82) is 0 Å². The summed E-state index contributed by atoms with van der Waals surface area (Å²) in [6.45, 7) is 1.76. The van der Waals surface area contributed by atoms with E-state index in [1.807, 2.05) is 30.3 Å². The summed E-state index contributed by atoms with van der Waals surface area (Å²) in [6.07, 6.45) is -0.268. The molecule has 3 aromatic rings. The van der Waals surface area contributed by atoms with Gasteiger partial charge in [0.25, 0.3) is 0 Å². The molecular formula is C20H19Cl2N5O3S. The third-order valence-electron chi connectivity index (χ3n) is 4.13. The van der Waals surface area contributed by atoms with E-state index >= 15 is 0 Å². The average Bonchev–Trinajstić information content (AvgIpc) is 3.20. The van der Waals surface area contributed by atoms with Gasteiger partial charge in [-0.2, -0.15) is 4.80 Å². The van der Waals surface area contributed by atoms with Crippen molar-refractivity contribution in [2.45, 2.75) is 42.6 Å². The zero-order valence-electron chi connectivity index (χ0n) is 16.5. The Morgan fingerprint density at radius 3 is 2.71 bits per heavy atom. The molecule has 0 aliphatic heterocycles. The summed E-state index contributed by atoms with van der Waals surface area (Å²) in [4.78, 5) is 26.5. The number of nitrogens with one attached hydrogen (secondary N) is 1. The monoisotopic (exact) mass is 479 g/mol. The summed E-state index contributed by atoms with van der Waals surface area (Å²) < 4.78 is 5.17. The van der Waals surface area contributed by atoms with Crippen molar-refractivity contribution in [1.82, 2.24) is 25.5 Å². The summed E-state index contributed by atoms with van der Waals surface area (Å²) in [5, 5.41) is 15.9. The number of carbonyl (C=O) groups excluding carboxylic acids is 2. The van der Waals surface area contributed by atoms with E-state index in [2.05, 4.69) is 20.7 Å². The first-order valence-corrected chi connectivity index (χ1v) is 10.9. The average molecular weight is 480 g/mol. The fourth-order valence-electron chi connectivity index (χ4n) is 2.56. The van der Waals surface area contributed by atoms with Crippen molar-refractivity contribution in [3.8, 4) is 0 Å². The van der Waals surface area contributed by atoms with Crippen molar-refractivity contribution in [2.24, 2.45) is 0 Å². The van der Waals surface area contributed by atoms with Crippen LogP contribution < -0.4 is 5.32 Å². The minimum absolute atomic E-state index is 0.120. The molecule has 11 heteroatoms. The quantitative estimate of drug-likeness (QED) is 0.485. The van der Waals surface area contributed by atoms with Crippen LogP contribution in [0.3, 0.4) is 0 Å². The molecule has 0 radical (unpaired) electrons. The summed E-state index contributed by atoms with van der Waals surface area (Å²) in [5.74, 6) is -0.270. The van der Waals surface area contributed by atoms with Gasteiger partial charge in [-0.25, -0.2) is 4.79 Å². The Morgan fingerprint density at radius 1 is 1.19 bits per heavy atom. The van der Waals surface area contributed by atoms with Gasteiger partial charge in [0.05, 0.1) is 11.1 Å². The number of hydrogen-bond acceptors (Lipinski definition) is 7. The van der Waals surface area contributed by atoms with Crippen LogP contribution in [-0.2, 0) is 22.7 Å². The number of ether oxygens (including phenoxy) is 1. The highest BCUT2D eigenvalue weighted by Gasteiger charge is 2.21. The molecule has 1 atom stereocenters. The summed E-state index contributed by atoms with van der Waals surface area (Å²) in [6, 6.07) is 13.6. The van der Waals surface area contributed by atoms with E-state index in [0.29, 0.717) is 26.5 Å². The highest BCUT2D eigenvalue weighted by Crippen LogP contribution is 2.32. The Hall–Kier alpha value is -2.62. The maximum absolute atomic E-state index is 12.6. The fourth-order valence-corrected chi connectivity index (χ4v) is 3.79. The SMILES string of the molecule is CCC(NC(=O)OCc1ccccc1)C(=O)Cn1nnc(Sc2cc(Cl)ccc2Cl)n1. The lowest BCUT2D eigenvalue weighted by molar-refractivity contribution is -0.122. The van der Waals surface area contributed by atoms with Gasteiger partial charge in [0, 0.05) is 9.92 Å². The molecule has 162 valence electrons. The van der Waals surface area contributed by atoms with E-state index in [9.17, 15) is 9.59 Å². The molecule has 31 heavy (non-hydrogen) atoms. The number of benzene rings is 2. The van der Waals surface area contributed by atoms with Crippen LogP contribution in [0.25, 0.3) is 0 Å². The van der Waals surface area contributed by atoms with Crippen molar-refractivity contribution in [2.75, 3.05) is 0 Å². The van der Waals surface area contributed by atoms with E-state index in [0.717, 1.165) is 5.56 Å². The highest BCUT2D eigenvalue weighted by molar-refractivity contribution is 7.99. The normalized spacial score (nSPS) is 11.7. The van der Waals surface area contributed by atoms with Crippen LogP contribution in [0.2, 0.25) is 10.0 Å². The molecule has 0 aliphatic rings. The van der Waals surface area contributed by atoms with Gasteiger partial charge in [-0.15, -0.1) is 10.2 Å². The van der Waals surface area contributed by atoms with Crippen LogP contribution in [-0.4, -0.2) is 38.1 Å². The summed E-state index contributed by atoms with van der Waals surface area (Å²) in [7, 11) is 0. The van der Waals surface area contributed by atoms with Gasteiger partial charge >= 0.3 is 6.09 Å². The fraction of sp³-hybridized carbons (Fsp3) is 0.250. The lowest BCUT2D eigenvalue weighted by Crippen LogP contribution is -2.42. The number of carbonyl (C=O) groups is 2. The maximum Gasteiger partial charge on any atom is 0.408 e. The first kappa shape index (κ1) is 23.1. The van der Waals surface area contributed by atoms with Gasteiger partial charge in [0.2, 0.25) is 5.16 Å². The number of halogens is 2. The van der Waals surface area contributed by atoms with Crippen LogP contribution in [0.1, 0.15) is 18.9 Å². The number of alkyl carbamates (subject to hydrolysis) is 1. The first-order chi connectivity index (χ1) is 14.9. The molecule has 8 nitrogen and oxygen atoms in total. The van der Waals surface area contributed by atoms with Crippen LogP contribution in [0.15, 0.2) is 58.6 Å². The van der Waals surface area contributed by atoms with Gasteiger partial charge < -0.3 is 10.1 Å². The third-order valence-corrected chi connectivity index (χ3v) is 5.71. The summed E-state index contributed by atoms with van der Waals surface area (Å²) >= 11 is 13.3. The predicted molar refractivity (Wildman–Crippen MR) is 117 cm³/mol. The van der Waals surface area contributed by atoms with Crippen LogP contribution in [0.4, 0.5) is 4.79 Å². The van der Waals surface area contributed by atoms with E-state index in [1.165, 1.54) is 16.6 Å². The number of hydrogen-bond donors (Lipinski definition) is 1. The van der Waals surface area contributed by atoms with Crippen LogP contribution >= 0.6 is 35.0 Å². The van der Waals surface area contributed by atoms with Gasteiger partial charge in [0.15, 0.2) is 5.78 Å². The number of ketones is 1. The number of aromatic nitrogens is 4. The molecule has 0 saturated heterocycles. The Labute approximate surface area is 193 Å². The molecule has 0 fully saturated rings. The lowest BCUT2D eigenvalue weighted by Gasteiger charge is -2.15. The molecule has 0 saturated carbocycles. The molecule has 1 amide bonds. The molecule has 1 heterocycles. The number of tetrazole rings is 1. The van der Waals surface area contributed by atoms with Crippen LogP contribution in [0.5, 0.6) is 0 Å². The Balaban J connectivity index is 1.53. The number of rotatable bonds is 9. The van der Waals surface area contributed by atoms with E-state index in [-0.39, 0.29) is 18.9 Å². The summed E-state index contributed by atoms with van der Waals surface area (Å²) in [5.41, 5.74) is 0.855.